The Bertz CT molecular complexity index is 1520. The van der Waals surface area contributed by atoms with Crippen LogP contribution in [0.2, 0.25) is 0 Å². The number of rotatable bonds is 9. The molecular weight excluding hydrogens is 527 g/mol. The van der Waals surface area contributed by atoms with E-state index >= 15 is 0 Å². The fourth-order valence-corrected chi connectivity index (χ4v) is 4.37. The zero-order valence-corrected chi connectivity index (χ0v) is 22.0. The molecular formula is C26H30F3N9O2. The maximum atomic E-state index is 14.1. The first-order chi connectivity index (χ1) is 19.1. The number of alkyl halides is 3. The summed E-state index contributed by atoms with van der Waals surface area (Å²) in [6, 6.07) is 2.11. The van der Waals surface area contributed by atoms with Crippen molar-refractivity contribution in [3.05, 3.63) is 46.0 Å². The van der Waals surface area contributed by atoms with E-state index < -0.39 is 17.3 Å². The summed E-state index contributed by atoms with van der Waals surface area (Å²) in [5.41, 5.74) is 6.25. The predicted molar refractivity (Wildman–Crippen MR) is 153 cm³/mol. The van der Waals surface area contributed by atoms with Crippen molar-refractivity contribution in [3.63, 3.8) is 0 Å². The van der Waals surface area contributed by atoms with Gasteiger partial charge in [0.15, 0.2) is 0 Å². The molecule has 40 heavy (non-hydrogen) atoms. The second kappa shape index (κ2) is 12.2. The van der Waals surface area contributed by atoms with Crippen LogP contribution >= 0.6 is 0 Å². The summed E-state index contributed by atoms with van der Waals surface area (Å²) >= 11 is 0. The number of fused-ring (bicyclic) bond motifs is 1. The number of aliphatic imine (C=N–C) groups is 3. The van der Waals surface area contributed by atoms with Crippen LogP contribution in [0.4, 0.5) is 30.2 Å². The number of aromatic nitrogens is 3. The number of morpholine rings is 1. The molecule has 0 radical (unpaired) electrons. The van der Waals surface area contributed by atoms with Crippen LogP contribution in [0.15, 0.2) is 44.2 Å². The summed E-state index contributed by atoms with van der Waals surface area (Å²) in [5.74, 6) is 0.0633. The fraction of sp³-hybridized carbons (Fsp3) is 0.346. The smallest absolute Gasteiger partial charge is 0.395 e. The summed E-state index contributed by atoms with van der Waals surface area (Å²) in [7, 11) is 1.53. The second-order valence-corrected chi connectivity index (χ2v) is 9.07. The molecule has 1 fully saturated rings. The number of imidazole rings is 1. The highest BCUT2D eigenvalue weighted by molar-refractivity contribution is 5.96. The molecule has 0 aliphatic carbocycles. The van der Waals surface area contributed by atoms with Gasteiger partial charge in [-0.2, -0.15) is 13.2 Å². The third-order valence-corrected chi connectivity index (χ3v) is 6.19. The van der Waals surface area contributed by atoms with E-state index in [4.69, 9.17) is 10.5 Å². The Morgan fingerprint density at radius 2 is 2.05 bits per heavy atom. The molecule has 0 bridgehead atoms. The maximum absolute atomic E-state index is 14.1. The van der Waals surface area contributed by atoms with Crippen molar-refractivity contribution >= 4 is 47.2 Å². The van der Waals surface area contributed by atoms with Crippen LogP contribution in [0, 0.1) is 0 Å². The van der Waals surface area contributed by atoms with Gasteiger partial charge in [-0.3, -0.25) is 19.8 Å². The second-order valence-electron chi connectivity index (χ2n) is 9.07. The molecule has 0 spiro atoms. The molecule has 0 amide bonds. The van der Waals surface area contributed by atoms with E-state index in [1.807, 2.05) is 6.92 Å². The quantitative estimate of drug-likeness (QED) is 0.296. The number of anilines is 3. The molecule has 4 rings (SSSR count). The van der Waals surface area contributed by atoms with Gasteiger partial charge in [0.1, 0.15) is 11.4 Å². The fourth-order valence-electron chi connectivity index (χ4n) is 4.37. The molecule has 11 nitrogen and oxygen atoms in total. The van der Waals surface area contributed by atoms with Crippen LogP contribution in [-0.4, -0.2) is 80.0 Å². The van der Waals surface area contributed by atoms with E-state index in [1.165, 1.54) is 25.5 Å². The maximum Gasteiger partial charge on any atom is 0.418 e. The van der Waals surface area contributed by atoms with Gasteiger partial charge in [-0.05, 0) is 31.9 Å². The Hall–Kier alpha value is -4.46. The van der Waals surface area contributed by atoms with Crippen LogP contribution in [0.25, 0.3) is 22.4 Å². The molecule has 1 aliphatic heterocycles. The Balaban J connectivity index is 1.82. The average Bonchev–Trinajstić information content (AvgIpc) is 3.33. The summed E-state index contributed by atoms with van der Waals surface area (Å²) in [6.45, 7) is 6.79. The van der Waals surface area contributed by atoms with Gasteiger partial charge in [-0.25, -0.2) is 4.98 Å². The molecule has 0 saturated carbocycles. The number of hydrogen-bond acceptors (Lipinski definition) is 9. The molecule has 5 N–H and O–H groups in total. The largest absolute Gasteiger partial charge is 0.418 e. The van der Waals surface area contributed by atoms with E-state index in [2.05, 4.69) is 42.0 Å². The van der Waals surface area contributed by atoms with Gasteiger partial charge >= 0.3 is 6.18 Å². The minimum absolute atomic E-state index is 0.00909. The number of nitrogen functional groups attached to an aromatic ring is 1. The Morgan fingerprint density at radius 1 is 1.30 bits per heavy atom. The number of nitrogens with two attached hydrogens (primary N) is 1. The highest BCUT2D eigenvalue weighted by Crippen LogP contribution is 2.40. The van der Waals surface area contributed by atoms with Crippen LogP contribution in [-0.2, 0) is 10.9 Å². The van der Waals surface area contributed by atoms with E-state index in [0.717, 1.165) is 6.07 Å². The molecule has 2 aromatic heterocycles. The normalized spacial score (nSPS) is 15.6. The van der Waals surface area contributed by atoms with Crippen LogP contribution in [0.1, 0.15) is 18.2 Å². The summed E-state index contributed by atoms with van der Waals surface area (Å²) in [6.07, 6.45) is 1.48. The summed E-state index contributed by atoms with van der Waals surface area (Å²) in [5, 5.41) is 3.21. The zero-order valence-electron chi connectivity index (χ0n) is 22.0. The molecule has 14 heteroatoms. The first-order valence-electron chi connectivity index (χ1n) is 12.4. The van der Waals surface area contributed by atoms with Crippen molar-refractivity contribution in [2.75, 3.05) is 55.8 Å². The predicted octanol–water partition coefficient (Wildman–Crippen LogP) is 3.49. The van der Waals surface area contributed by atoms with Gasteiger partial charge in [-0.1, -0.05) is 0 Å². The first kappa shape index (κ1) is 28.5. The van der Waals surface area contributed by atoms with Crippen molar-refractivity contribution in [1.29, 1.82) is 0 Å². The third-order valence-electron chi connectivity index (χ3n) is 6.19. The molecule has 0 unspecified atom stereocenters. The SMILES string of the molecule is C=N/C=C\C=NC[C@H](C)Nc1c(N)c(C=NC)[nH]c(=O)c1-c1nc2cc(N3CCOCC3)c(C(F)(F)F)cc2[nH]1. The van der Waals surface area contributed by atoms with Crippen LogP contribution in [0.3, 0.4) is 0 Å². The monoisotopic (exact) mass is 557 g/mol. The van der Waals surface area contributed by atoms with Crippen LogP contribution in [0.5, 0.6) is 0 Å². The van der Waals surface area contributed by atoms with E-state index in [9.17, 15) is 18.0 Å². The van der Waals surface area contributed by atoms with E-state index in [0.29, 0.717) is 32.8 Å². The number of halogens is 3. The molecule has 212 valence electrons. The number of aromatic amines is 2. The number of nitrogens with one attached hydrogen (secondary N) is 3. The van der Waals surface area contributed by atoms with Gasteiger partial charge in [-0.15, -0.1) is 0 Å². The lowest BCUT2D eigenvalue weighted by Gasteiger charge is -2.31. The van der Waals surface area contributed by atoms with Crippen molar-refractivity contribution in [1.82, 2.24) is 15.0 Å². The highest BCUT2D eigenvalue weighted by Gasteiger charge is 2.36. The van der Waals surface area contributed by atoms with Crippen LogP contribution < -0.4 is 21.5 Å². The standard InChI is InChI=1S/C26H30F3N9O2/c1-15(13-33-6-4-5-31-2)34-23-21(25(39)37-19(14-32-3)22(23)30)24-35-17-11-16(26(27,28)29)20(12-18(17)36-24)38-7-9-40-10-8-38/h4-6,11-12,14-15H,2,7-10,13,30H2,1,3H3,(H,35,36)(H2,34,37,39)/b5-4-,32-14?,33-6?/t15-/m0/s1. The molecule has 3 aromatic rings. The third kappa shape index (κ3) is 6.22. The average molecular weight is 558 g/mol. The molecule has 3 heterocycles. The summed E-state index contributed by atoms with van der Waals surface area (Å²) < 4.78 is 47.5. The molecule has 1 atom stereocenters. The van der Waals surface area contributed by atoms with Crippen molar-refractivity contribution in [3.8, 4) is 11.4 Å². The molecule has 1 saturated heterocycles. The van der Waals surface area contributed by atoms with Crippen molar-refractivity contribution < 1.29 is 17.9 Å². The van der Waals surface area contributed by atoms with E-state index in [1.54, 1.807) is 17.2 Å². The van der Waals surface area contributed by atoms with Gasteiger partial charge in [0.05, 0.1) is 59.1 Å². The number of benzene rings is 1. The Morgan fingerprint density at radius 3 is 2.73 bits per heavy atom. The van der Waals surface area contributed by atoms with Gasteiger partial charge in [0.2, 0.25) is 0 Å². The number of allylic oxidation sites excluding steroid dienone is 1. The van der Waals surface area contributed by atoms with Gasteiger partial charge < -0.3 is 30.7 Å². The topological polar surface area (TPSA) is 149 Å². The highest BCUT2D eigenvalue weighted by atomic mass is 19.4. The number of pyridine rings is 1. The van der Waals surface area contributed by atoms with Crippen molar-refractivity contribution in [2.45, 2.75) is 19.1 Å². The van der Waals surface area contributed by atoms with Gasteiger partial charge in [0, 0.05) is 44.8 Å². The number of hydrogen-bond donors (Lipinski definition) is 4. The minimum atomic E-state index is -4.60. The summed E-state index contributed by atoms with van der Waals surface area (Å²) in [4.78, 5) is 36.8. The number of nitrogens with zero attached hydrogens (tertiary/aromatic N) is 5. The number of H-pyrrole nitrogens is 2. The van der Waals surface area contributed by atoms with Crippen molar-refractivity contribution in [2.24, 2.45) is 15.0 Å². The lowest BCUT2D eigenvalue weighted by molar-refractivity contribution is -0.137. The molecule has 1 aliphatic rings. The van der Waals surface area contributed by atoms with Gasteiger partial charge in [0.25, 0.3) is 5.56 Å². The lowest BCUT2D eigenvalue weighted by Crippen LogP contribution is -2.37. The van der Waals surface area contributed by atoms with E-state index in [-0.39, 0.29) is 51.2 Å². The zero-order chi connectivity index (χ0) is 28.9. The first-order valence-corrected chi connectivity index (χ1v) is 12.4. The Labute approximate surface area is 227 Å². The Kier molecular flexibility index (Phi) is 8.67. The number of ether oxygens (including phenoxy) is 1. The lowest BCUT2D eigenvalue weighted by atomic mass is 10.1. The molecule has 1 aromatic carbocycles. The minimum Gasteiger partial charge on any atom is -0.395 e.